The summed E-state index contributed by atoms with van der Waals surface area (Å²) in [5, 5.41) is 27.3. The average Bonchev–Trinajstić information content (AvgIpc) is 3.12. The van der Waals surface area contributed by atoms with Crippen molar-refractivity contribution in [1.82, 2.24) is 24.7 Å². The molecular weight excluding hydrogens is 320 g/mol. The molecule has 0 saturated carbocycles. The number of aromatic nitrogens is 4. The van der Waals surface area contributed by atoms with Gasteiger partial charge < -0.3 is 4.90 Å². The van der Waals surface area contributed by atoms with Gasteiger partial charge in [0, 0.05) is 20.2 Å². The normalized spacial score (nSPS) is 11.2. The second kappa shape index (κ2) is 5.96. The third-order valence-electron chi connectivity index (χ3n) is 2.72. The Morgan fingerprint density at radius 2 is 2.17 bits per heavy atom. The van der Waals surface area contributed by atoms with Crippen molar-refractivity contribution >= 4 is 34.1 Å². The van der Waals surface area contributed by atoms with Crippen LogP contribution >= 0.6 is 11.3 Å². The number of nitrogens with zero attached hydrogens (tertiary/aromatic N) is 7. The standard InChI is InChI=1S/C12H12N8O2S/c1-18(2)7-13-14-9-4-5-10-15-16-12(19(10)17-9)8-3-6-11(23-8)20(21)22/h3-7H,1-2H3,(H,14,17). The summed E-state index contributed by atoms with van der Waals surface area (Å²) in [5.74, 6) is 0.945. The molecule has 0 fully saturated rings. The molecule has 0 bridgehead atoms. The number of anilines is 1. The van der Waals surface area contributed by atoms with Crippen molar-refractivity contribution in [1.29, 1.82) is 0 Å². The Kier molecular flexibility index (Phi) is 3.85. The molecule has 0 aromatic carbocycles. The van der Waals surface area contributed by atoms with Crippen molar-refractivity contribution in [2.75, 3.05) is 19.5 Å². The first-order chi connectivity index (χ1) is 11.0. The van der Waals surface area contributed by atoms with Crippen LogP contribution in [0.5, 0.6) is 0 Å². The molecule has 3 rings (SSSR count). The molecule has 10 nitrogen and oxygen atoms in total. The van der Waals surface area contributed by atoms with Gasteiger partial charge >= 0.3 is 5.00 Å². The first-order valence-corrected chi connectivity index (χ1v) is 7.29. The van der Waals surface area contributed by atoms with Gasteiger partial charge in [0.15, 0.2) is 17.3 Å². The van der Waals surface area contributed by atoms with Crippen LogP contribution in [0.3, 0.4) is 0 Å². The molecule has 0 aliphatic carbocycles. The van der Waals surface area contributed by atoms with Gasteiger partial charge in [0.1, 0.15) is 6.34 Å². The highest BCUT2D eigenvalue weighted by Gasteiger charge is 2.16. The first-order valence-electron chi connectivity index (χ1n) is 6.47. The Morgan fingerprint density at radius 1 is 1.35 bits per heavy atom. The fourth-order valence-electron chi connectivity index (χ4n) is 1.76. The van der Waals surface area contributed by atoms with E-state index in [0.717, 1.165) is 11.3 Å². The van der Waals surface area contributed by atoms with E-state index in [4.69, 9.17) is 0 Å². The van der Waals surface area contributed by atoms with Crippen LogP contribution < -0.4 is 5.43 Å². The van der Waals surface area contributed by atoms with Gasteiger partial charge in [-0.25, -0.2) is 0 Å². The molecule has 0 aliphatic rings. The van der Waals surface area contributed by atoms with E-state index in [1.807, 2.05) is 14.1 Å². The summed E-state index contributed by atoms with van der Waals surface area (Å²) in [4.78, 5) is 12.8. The maximum absolute atomic E-state index is 10.8. The molecule has 0 saturated heterocycles. The molecule has 11 heteroatoms. The minimum Gasteiger partial charge on any atom is -0.367 e. The minimum atomic E-state index is -0.437. The number of thiophene rings is 1. The lowest BCUT2D eigenvalue weighted by Gasteiger charge is -2.04. The number of hydrazone groups is 1. The molecule has 3 heterocycles. The highest BCUT2D eigenvalue weighted by atomic mass is 32.1. The maximum Gasteiger partial charge on any atom is 0.324 e. The number of fused-ring (bicyclic) bond motifs is 1. The van der Waals surface area contributed by atoms with Crippen molar-refractivity contribution in [3.63, 3.8) is 0 Å². The van der Waals surface area contributed by atoms with Crippen molar-refractivity contribution in [3.8, 4) is 10.7 Å². The van der Waals surface area contributed by atoms with Gasteiger partial charge in [-0.2, -0.15) is 9.62 Å². The summed E-state index contributed by atoms with van der Waals surface area (Å²) >= 11 is 1.02. The van der Waals surface area contributed by atoms with E-state index in [-0.39, 0.29) is 5.00 Å². The molecule has 23 heavy (non-hydrogen) atoms. The Balaban J connectivity index is 1.96. The van der Waals surface area contributed by atoms with E-state index in [2.05, 4.69) is 25.8 Å². The quantitative estimate of drug-likeness (QED) is 0.327. The van der Waals surface area contributed by atoms with Crippen LogP contribution in [0.15, 0.2) is 29.4 Å². The van der Waals surface area contributed by atoms with Gasteiger partial charge in [-0.05, 0) is 18.2 Å². The number of hydrogen-bond acceptors (Lipinski definition) is 8. The number of nitro groups is 1. The monoisotopic (exact) mass is 332 g/mol. The molecule has 0 radical (unpaired) electrons. The summed E-state index contributed by atoms with van der Waals surface area (Å²) in [6.45, 7) is 0. The van der Waals surface area contributed by atoms with Gasteiger partial charge in [0.25, 0.3) is 0 Å². The number of rotatable bonds is 5. The smallest absolute Gasteiger partial charge is 0.324 e. The molecule has 0 atom stereocenters. The fourth-order valence-corrected chi connectivity index (χ4v) is 2.55. The molecule has 3 aromatic heterocycles. The van der Waals surface area contributed by atoms with Crippen molar-refractivity contribution in [2.24, 2.45) is 5.10 Å². The van der Waals surface area contributed by atoms with Crippen LogP contribution in [-0.4, -0.2) is 50.1 Å². The summed E-state index contributed by atoms with van der Waals surface area (Å²) in [6.07, 6.45) is 1.60. The molecule has 0 aliphatic heterocycles. The zero-order valence-corrected chi connectivity index (χ0v) is 13.1. The SMILES string of the molecule is CN(C)C=NNc1ccc2nnc(-c3ccc([N+](=O)[O-])s3)n2n1. The van der Waals surface area contributed by atoms with Gasteiger partial charge in [0.05, 0.1) is 9.80 Å². The zero-order valence-electron chi connectivity index (χ0n) is 12.2. The topological polar surface area (TPSA) is 114 Å². The summed E-state index contributed by atoms with van der Waals surface area (Å²) in [7, 11) is 3.70. The molecule has 118 valence electrons. The minimum absolute atomic E-state index is 0.0432. The molecule has 3 aromatic rings. The van der Waals surface area contributed by atoms with Crippen LogP contribution in [0.4, 0.5) is 10.8 Å². The second-order valence-electron chi connectivity index (χ2n) is 4.73. The Morgan fingerprint density at radius 3 is 2.87 bits per heavy atom. The second-order valence-corrected chi connectivity index (χ2v) is 5.79. The fraction of sp³-hybridized carbons (Fsp3) is 0.167. The summed E-state index contributed by atoms with van der Waals surface area (Å²) < 4.78 is 1.52. The Hall–Kier alpha value is -3.08. The highest BCUT2D eigenvalue weighted by Crippen LogP contribution is 2.31. The molecule has 0 spiro atoms. The molecular formula is C12H12N8O2S. The zero-order chi connectivity index (χ0) is 16.4. The van der Waals surface area contributed by atoms with Crippen LogP contribution in [0.2, 0.25) is 0 Å². The highest BCUT2D eigenvalue weighted by molar-refractivity contribution is 7.18. The van der Waals surface area contributed by atoms with Crippen molar-refractivity contribution in [2.45, 2.75) is 0 Å². The lowest BCUT2D eigenvalue weighted by atomic mass is 10.4. The summed E-state index contributed by atoms with van der Waals surface area (Å²) in [6, 6.07) is 6.52. The number of nitrogens with one attached hydrogen (secondary N) is 1. The largest absolute Gasteiger partial charge is 0.367 e. The van der Waals surface area contributed by atoms with E-state index < -0.39 is 4.92 Å². The predicted molar refractivity (Wildman–Crippen MR) is 86.6 cm³/mol. The molecule has 1 N–H and O–H groups in total. The van der Waals surface area contributed by atoms with Gasteiger partial charge in [0.2, 0.25) is 0 Å². The third kappa shape index (κ3) is 3.08. The van der Waals surface area contributed by atoms with Crippen molar-refractivity contribution < 1.29 is 4.92 Å². The third-order valence-corrected chi connectivity index (χ3v) is 3.76. The average molecular weight is 332 g/mol. The van der Waals surface area contributed by atoms with E-state index in [1.54, 1.807) is 29.4 Å². The summed E-state index contributed by atoms with van der Waals surface area (Å²) in [5.41, 5.74) is 3.34. The van der Waals surface area contributed by atoms with E-state index >= 15 is 0 Å². The Bertz CT molecular complexity index is 884. The maximum atomic E-state index is 10.8. The lowest BCUT2D eigenvalue weighted by Crippen LogP contribution is -2.09. The van der Waals surface area contributed by atoms with E-state index in [9.17, 15) is 10.1 Å². The van der Waals surface area contributed by atoms with Crippen LogP contribution in [-0.2, 0) is 0 Å². The lowest BCUT2D eigenvalue weighted by molar-refractivity contribution is -0.380. The molecule has 0 amide bonds. The van der Waals surface area contributed by atoms with Gasteiger partial charge in [-0.3, -0.25) is 15.5 Å². The Labute approximate surface area is 134 Å². The van der Waals surface area contributed by atoms with Crippen LogP contribution in [0.1, 0.15) is 0 Å². The van der Waals surface area contributed by atoms with E-state index in [0.29, 0.717) is 22.2 Å². The van der Waals surface area contributed by atoms with Crippen molar-refractivity contribution in [3.05, 3.63) is 34.4 Å². The van der Waals surface area contributed by atoms with Crippen LogP contribution in [0.25, 0.3) is 16.3 Å². The molecule has 0 unspecified atom stereocenters. The van der Waals surface area contributed by atoms with E-state index in [1.165, 1.54) is 10.6 Å². The van der Waals surface area contributed by atoms with Gasteiger partial charge in [-0.15, -0.1) is 15.3 Å². The van der Waals surface area contributed by atoms with Crippen LogP contribution in [0, 0.1) is 10.1 Å². The predicted octanol–water partition coefficient (Wildman–Crippen LogP) is 1.68. The van der Waals surface area contributed by atoms with Gasteiger partial charge in [-0.1, -0.05) is 11.3 Å². The number of hydrogen-bond donors (Lipinski definition) is 1. The first kappa shape index (κ1) is 14.8.